The Morgan fingerprint density at radius 1 is 1.43 bits per heavy atom. The summed E-state index contributed by atoms with van der Waals surface area (Å²) in [5, 5.41) is 18.5. The first kappa shape index (κ1) is 14.5. The Hall–Kier alpha value is -2.87. The molecule has 0 radical (unpaired) electrons. The molecule has 8 nitrogen and oxygen atoms in total. The molecule has 1 atom stereocenters. The number of hydrogen-bond acceptors (Lipinski definition) is 6. The smallest absolute Gasteiger partial charge is 0.360 e. The predicted molar refractivity (Wildman–Crippen MR) is 73.2 cm³/mol. The van der Waals surface area contributed by atoms with Crippen molar-refractivity contribution in [2.45, 2.75) is 6.04 Å². The number of carboxylic acid groups (broad SMARTS) is 1. The molecule has 2 rings (SSSR count). The number of carbonyl (C=O) groups excluding carboxylic acids is 1. The number of benzene rings is 1. The Bertz CT molecular complexity index is 754. The molecular weight excluding hydrogens is 280 g/mol. The molecule has 0 saturated heterocycles. The van der Waals surface area contributed by atoms with Gasteiger partial charge in [-0.3, -0.25) is 9.59 Å². The fourth-order valence-corrected chi connectivity index (χ4v) is 1.78. The third-order valence-corrected chi connectivity index (χ3v) is 2.85. The van der Waals surface area contributed by atoms with Gasteiger partial charge in [-0.25, -0.2) is 4.79 Å². The molecule has 0 aliphatic rings. The molecule has 0 fully saturated rings. The number of nitrogens with two attached hydrogens (primary N) is 1. The average Bonchev–Trinajstić information content (AvgIpc) is 2.43. The minimum absolute atomic E-state index is 0.0708. The van der Waals surface area contributed by atoms with Crippen LogP contribution in [0.15, 0.2) is 33.5 Å². The SMILES string of the molecule is N[C@H](CN(C=O)c1cc2ccc(O)cc2oc1=O)C(=O)O. The largest absolute Gasteiger partial charge is 0.508 e. The molecule has 21 heavy (non-hydrogen) atoms. The van der Waals surface area contributed by atoms with Crippen molar-refractivity contribution in [1.82, 2.24) is 0 Å². The molecule has 0 spiro atoms. The van der Waals surface area contributed by atoms with Crippen LogP contribution in [-0.2, 0) is 9.59 Å². The number of fused-ring (bicyclic) bond motifs is 1. The van der Waals surface area contributed by atoms with Gasteiger partial charge in [0.05, 0.1) is 6.54 Å². The van der Waals surface area contributed by atoms with Crippen LogP contribution >= 0.6 is 0 Å². The van der Waals surface area contributed by atoms with E-state index in [1.54, 1.807) is 0 Å². The van der Waals surface area contributed by atoms with E-state index in [4.69, 9.17) is 15.3 Å². The molecule has 0 aliphatic carbocycles. The van der Waals surface area contributed by atoms with Crippen molar-refractivity contribution in [2.24, 2.45) is 5.73 Å². The minimum Gasteiger partial charge on any atom is -0.508 e. The van der Waals surface area contributed by atoms with Gasteiger partial charge in [-0.2, -0.15) is 0 Å². The van der Waals surface area contributed by atoms with Crippen molar-refractivity contribution in [1.29, 1.82) is 0 Å². The summed E-state index contributed by atoms with van der Waals surface area (Å²) in [6.07, 6.45) is 0.307. The van der Waals surface area contributed by atoms with Gasteiger partial charge in [0.1, 0.15) is 23.1 Å². The van der Waals surface area contributed by atoms with Gasteiger partial charge in [-0.1, -0.05) is 0 Å². The first-order valence-electron chi connectivity index (χ1n) is 5.89. The lowest BCUT2D eigenvalue weighted by atomic mass is 10.2. The zero-order valence-electron chi connectivity index (χ0n) is 10.7. The van der Waals surface area contributed by atoms with E-state index in [2.05, 4.69) is 0 Å². The van der Waals surface area contributed by atoms with Crippen LogP contribution in [0.1, 0.15) is 0 Å². The van der Waals surface area contributed by atoms with Gasteiger partial charge in [0, 0.05) is 11.5 Å². The average molecular weight is 292 g/mol. The zero-order valence-corrected chi connectivity index (χ0v) is 10.7. The molecule has 4 N–H and O–H groups in total. The maximum absolute atomic E-state index is 11.9. The first-order valence-corrected chi connectivity index (χ1v) is 5.89. The quantitative estimate of drug-likeness (QED) is 0.516. The summed E-state index contributed by atoms with van der Waals surface area (Å²) in [5.74, 6) is -1.37. The maximum atomic E-state index is 11.9. The maximum Gasteiger partial charge on any atom is 0.360 e. The number of anilines is 1. The lowest BCUT2D eigenvalue weighted by Crippen LogP contribution is -2.43. The van der Waals surface area contributed by atoms with Crippen LogP contribution in [0.5, 0.6) is 5.75 Å². The van der Waals surface area contributed by atoms with Crippen molar-refractivity contribution in [3.63, 3.8) is 0 Å². The van der Waals surface area contributed by atoms with E-state index >= 15 is 0 Å². The number of aromatic hydroxyl groups is 1. The number of carboxylic acids is 1. The van der Waals surface area contributed by atoms with E-state index in [1.807, 2.05) is 0 Å². The summed E-state index contributed by atoms with van der Waals surface area (Å²) in [6.45, 7) is -0.368. The van der Waals surface area contributed by atoms with Crippen LogP contribution in [0.25, 0.3) is 11.0 Å². The molecule has 1 amide bonds. The van der Waals surface area contributed by atoms with E-state index in [9.17, 15) is 19.5 Å². The highest BCUT2D eigenvalue weighted by Gasteiger charge is 2.20. The molecule has 1 aromatic heterocycles. The van der Waals surface area contributed by atoms with E-state index in [1.165, 1.54) is 24.3 Å². The van der Waals surface area contributed by atoms with Crippen LogP contribution < -0.4 is 16.3 Å². The second-order valence-electron chi connectivity index (χ2n) is 4.34. The fraction of sp³-hybridized carbons (Fsp3) is 0.154. The molecule has 2 aromatic rings. The first-order chi connectivity index (χ1) is 9.92. The lowest BCUT2D eigenvalue weighted by molar-refractivity contribution is -0.138. The summed E-state index contributed by atoms with van der Waals surface area (Å²) in [5.41, 5.74) is 4.54. The number of aliphatic carboxylic acids is 1. The number of phenols is 1. The number of carbonyl (C=O) groups is 2. The van der Waals surface area contributed by atoms with Gasteiger partial charge in [0.15, 0.2) is 0 Å². The molecule has 8 heteroatoms. The second-order valence-corrected chi connectivity index (χ2v) is 4.34. The summed E-state index contributed by atoms with van der Waals surface area (Å²) in [6, 6.07) is 4.18. The Kier molecular flexibility index (Phi) is 3.90. The lowest BCUT2D eigenvalue weighted by Gasteiger charge is -2.18. The van der Waals surface area contributed by atoms with Gasteiger partial charge in [-0.15, -0.1) is 0 Å². The summed E-state index contributed by atoms with van der Waals surface area (Å²) < 4.78 is 4.99. The highest BCUT2D eigenvalue weighted by atomic mass is 16.4. The molecular formula is C13H12N2O6. The van der Waals surface area contributed by atoms with Gasteiger partial charge in [0.25, 0.3) is 0 Å². The third kappa shape index (κ3) is 3.00. The highest BCUT2D eigenvalue weighted by molar-refractivity contribution is 5.85. The second kappa shape index (κ2) is 5.63. The summed E-state index contributed by atoms with van der Waals surface area (Å²) in [4.78, 5) is 34.5. The summed E-state index contributed by atoms with van der Waals surface area (Å²) in [7, 11) is 0. The van der Waals surface area contributed by atoms with Crippen LogP contribution in [0, 0.1) is 0 Å². The molecule has 110 valence electrons. The number of rotatable bonds is 5. The van der Waals surface area contributed by atoms with E-state index in [0.717, 1.165) is 4.90 Å². The van der Waals surface area contributed by atoms with E-state index in [0.29, 0.717) is 11.8 Å². The molecule has 0 aliphatic heterocycles. The van der Waals surface area contributed by atoms with Crippen molar-refractivity contribution in [3.05, 3.63) is 34.7 Å². The molecule has 0 unspecified atom stereocenters. The van der Waals surface area contributed by atoms with Crippen molar-refractivity contribution < 1.29 is 24.2 Å². The van der Waals surface area contributed by atoms with Crippen molar-refractivity contribution in [2.75, 3.05) is 11.4 Å². The Balaban J connectivity index is 2.46. The van der Waals surface area contributed by atoms with Gasteiger partial charge in [-0.05, 0) is 18.2 Å². The van der Waals surface area contributed by atoms with Gasteiger partial charge in [0.2, 0.25) is 6.41 Å². The standard InChI is InChI=1S/C13H12N2O6/c14-9(12(18)19)5-15(6-16)10-3-7-1-2-8(17)4-11(7)21-13(10)20/h1-4,6,9,17H,5,14H2,(H,18,19)/t9-/m1/s1. The van der Waals surface area contributed by atoms with Crippen LogP contribution in [0.4, 0.5) is 5.69 Å². The Morgan fingerprint density at radius 3 is 2.76 bits per heavy atom. The summed E-state index contributed by atoms with van der Waals surface area (Å²) >= 11 is 0. The monoisotopic (exact) mass is 292 g/mol. The highest BCUT2D eigenvalue weighted by Crippen LogP contribution is 2.21. The molecule has 1 aromatic carbocycles. The van der Waals surface area contributed by atoms with Gasteiger partial charge >= 0.3 is 11.6 Å². The van der Waals surface area contributed by atoms with Crippen molar-refractivity contribution in [3.8, 4) is 5.75 Å². The number of hydrogen-bond donors (Lipinski definition) is 3. The van der Waals surface area contributed by atoms with Gasteiger partial charge < -0.3 is 25.3 Å². The predicted octanol–water partition coefficient (Wildman–Crippen LogP) is -0.127. The van der Waals surface area contributed by atoms with E-state index < -0.39 is 17.6 Å². The van der Waals surface area contributed by atoms with Crippen LogP contribution in [0.2, 0.25) is 0 Å². The number of amides is 1. The number of phenolic OH excluding ortho intramolecular Hbond substituents is 1. The zero-order chi connectivity index (χ0) is 15.6. The normalized spacial score (nSPS) is 12.0. The Labute approximate surface area is 118 Å². The molecule has 1 heterocycles. The van der Waals surface area contributed by atoms with Crippen LogP contribution in [-0.4, -0.2) is 35.2 Å². The van der Waals surface area contributed by atoms with E-state index in [-0.39, 0.29) is 23.6 Å². The molecule has 0 bridgehead atoms. The fourth-order valence-electron chi connectivity index (χ4n) is 1.78. The third-order valence-electron chi connectivity index (χ3n) is 2.85. The topological polar surface area (TPSA) is 134 Å². The Morgan fingerprint density at radius 2 is 2.14 bits per heavy atom. The molecule has 0 saturated carbocycles. The minimum atomic E-state index is -1.33. The van der Waals surface area contributed by atoms with Crippen molar-refractivity contribution >= 4 is 29.0 Å². The number of nitrogens with zero attached hydrogens (tertiary/aromatic N) is 1. The van der Waals surface area contributed by atoms with Crippen LogP contribution in [0.3, 0.4) is 0 Å².